The summed E-state index contributed by atoms with van der Waals surface area (Å²) in [5.41, 5.74) is 7.72. The lowest BCUT2D eigenvalue weighted by Crippen LogP contribution is -2.31. The van der Waals surface area contributed by atoms with Gasteiger partial charge in [0.15, 0.2) is 0 Å². The lowest BCUT2D eigenvalue weighted by Gasteiger charge is -2.01. The summed E-state index contributed by atoms with van der Waals surface area (Å²) in [4.78, 5) is 12.6. The molecule has 0 aliphatic heterocycles. The third kappa shape index (κ3) is 4.41. The van der Waals surface area contributed by atoms with Crippen LogP contribution in [-0.2, 0) is 4.79 Å². The standard InChI is InChI=1S/C4H6ClFN4O/c5-1-2-8-4(11)3(6)9-10-7/h3H,1-2H2,(H,8,11). The number of nitrogens with zero attached hydrogens (tertiary/aromatic N) is 3. The van der Waals surface area contributed by atoms with Gasteiger partial charge in [-0.1, -0.05) is 0 Å². The summed E-state index contributed by atoms with van der Waals surface area (Å²) in [6, 6.07) is 0. The predicted octanol–water partition coefficient (Wildman–Crippen LogP) is 0.947. The average molecular weight is 181 g/mol. The van der Waals surface area contributed by atoms with Crippen LogP contribution in [0.2, 0.25) is 0 Å². The van der Waals surface area contributed by atoms with Gasteiger partial charge in [-0.3, -0.25) is 4.79 Å². The molecule has 0 aromatic carbocycles. The van der Waals surface area contributed by atoms with E-state index in [0.717, 1.165) is 0 Å². The largest absolute Gasteiger partial charge is 0.352 e. The van der Waals surface area contributed by atoms with E-state index in [1.165, 1.54) is 0 Å². The molecule has 5 nitrogen and oxygen atoms in total. The van der Waals surface area contributed by atoms with Crippen molar-refractivity contribution in [1.29, 1.82) is 0 Å². The quantitative estimate of drug-likeness (QED) is 0.226. The fraction of sp³-hybridized carbons (Fsp3) is 0.750. The summed E-state index contributed by atoms with van der Waals surface area (Å²) in [6.07, 6.45) is -2.16. The number of hydrogen-bond donors (Lipinski definition) is 1. The van der Waals surface area contributed by atoms with Gasteiger partial charge in [0, 0.05) is 17.3 Å². The average Bonchev–Trinajstić information content (AvgIpc) is 2.00. The van der Waals surface area contributed by atoms with Crippen LogP contribution in [0.15, 0.2) is 5.11 Å². The van der Waals surface area contributed by atoms with E-state index in [1.54, 1.807) is 0 Å². The number of carbonyl (C=O) groups excluding carboxylic acids is 1. The number of azide groups is 1. The third-order valence-electron chi connectivity index (χ3n) is 0.763. The zero-order valence-electron chi connectivity index (χ0n) is 5.50. The number of halogens is 2. The summed E-state index contributed by atoms with van der Waals surface area (Å²) >= 11 is 5.19. The highest BCUT2D eigenvalue weighted by Crippen LogP contribution is 1.92. The van der Waals surface area contributed by atoms with Crippen molar-refractivity contribution in [2.45, 2.75) is 6.30 Å². The summed E-state index contributed by atoms with van der Waals surface area (Å²) in [7, 11) is 0. The van der Waals surface area contributed by atoms with Gasteiger partial charge in [0.2, 0.25) is 0 Å². The van der Waals surface area contributed by atoms with E-state index in [-0.39, 0.29) is 12.4 Å². The SMILES string of the molecule is [N-]=[N+]=NC(F)C(=O)NCCCl. The molecule has 0 radical (unpaired) electrons. The summed E-state index contributed by atoms with van der Waals surface area (Å²) in [5.74, 6) is -0.780. The molecule has 11 heavy (non-hydrogen) atoms. The van der Waals surface area contributed by atoms with Crippen LogP contribution in [-0.4, -0.2) is 24.6 Å². The van der Waals surface area contributed by atoms with Crippen LogP contribution in [0.5, 0.6) is 0 Å². The molecule has 0 aliphatic rings. The first kappa shape index (κ1) is 10.0. The molecule has 0 aromatic heterocycles. The van der Waals surface area contributed by atoms with Crippen LogP contribution in [0.1, 0.15) is 0 Å². The van der Waals surface area contributed by atoms with Crippen LogP contribution in [0.3, 0.4) is 0 Å². The monoisotopic (exact) mass is 180 g/mol. The second kappa shape index (κ2) is 5.76. The Bertz CT molecular complexity index is 181. The fourth-order valence-electron chi connectivity index (χ4n) is 0.352. The molecule has 0 aromatic rings. The van der Waals surface area contributed by atoms with Gasteiger partial charge < -0.3 is 5.32 Å². The molecular formula is C4H6ClFN4O. The van der Waals surface area contributed by atoms with Crippen molar-refractivity contribution in [3.63, 3.8) is 0 Å². The van der Waals surface area contributed by atoms with E-state index in [4.69, 9.17) is 17.1 Å². The van der Waals surface area contributed by atoms with Gasteiger partial charge in [0.05, 0.1) is 0 Å². The highest BCUT2D eigenvalue weighted by atomic mass is 35.5. The van der Waals surface area contributed by atoms with E-state index in [9.17, 15) is 9.18 Å². The normalized spacial score (nSPS) is 11.5. The second-order valence-corrected chi connectivity index (χ2v) is 1.90. The number of carbonyl (C=O) groups is 1. The maximum Gasteiger partial charge on any atom is 0.260 e. The first-order valence-electron chi connectivity index (χ1n) is 2.74. The van der Waals surface area contributed by atoms with Crippen molar-refractivity contribution in [1.82, 2.24) is 5.32 Å². The smallest absolute Gasteiger partial charge is 0.260 e. The number of nitrogens with one attached hydrogen (secondary N) is 1. The zero-order chi connectivity index (χ0) is 8.69. The van der Waals surface area contributed by atoms with Crippen molar-refractivity contribution >= 4 is 17.5 Å². The minimum atomic E-state index is -2.16. The first-order chi connectivity index (χ1) is 5.22. The minimum absolute atomic E-state index is 0.155. The summed E-state index contributed by atoms with van der Waals surface area (Å²) in [6.45, 7) is 0.155. The number of amides is 1. The Morgan fingerprint density at radius 1 is 1.91 bits per heavy atom. The van der Waals surface area contributed by atoms with Gasteiger partial charge in [0.1, 0.15) is 0 Å². The Labute approximate surface area is 67.1 Å². The van der Waals surface area contributed by atoms with Crippen molar-refractivity contribution in [3.05, 3.63) is 10.4 Å². The molecular weight excluding hydrogens is 175 g/mol. The minimum Gasteiger partial charge on any atom is -0.352 e. The van der Waals surface area contributed by atoms with E-state index in [1.807, 2.05) is 0 Å². The fourth-order valence-corrected chi connectivity index (χ4v) is 0.447. The maximum absolute atomic E-state index is 12.2. The molecule has 0 fully saturated rings. The summed E-state index contributed by atoms with van der Waals surface area (Å²) in [5, 5.41) is 4.64. The van der Waals surface area contributed by atoms with Gasteiger partial charge >= 0.3 is 0 Å². The van der Waals surface area contributed by atoms with Gasteiger partial charge in [-0.15, -0.1) is 11.6 Å². The van der Waals surface area contributed by atoms with Crippen molar-refractivity contribution in [2.24, 2.45) is 5.11 Å². The molecule has 1 amide bonds. The first-order valence-corrected chi connectivity index (χ1v) is 3.27. The molecule has 1 atom stereocenters. The highest BCUT2D eigenvalue weighted by Gasteiger charge is 2.12. The van der Waals surface area contributed by atoms with Crippen LogP contribution >= 0.6 is 11.6 Å². The van der Waals surface area contributed by atoms with E-state index in [2.05, 4.69) is 15.3 Å². The molecule has 1 unspecified atom stereocenters. The van der Waals surface area contributed by atoms with Gasteiger partial charge in [-0.25, -0.2) is 4.39 Å². The molecule has 7 heteroatoms. The summed E-state index contributed by atoms with van der Waals surface area (Å²) < 4.78 is 12.2. The lowest BCUT2D eigenvalue weighted by atomic mass is 10.5. The van der Waals surface area contributed by atoms with Gasteiger partial charge in [-0.05, 0) is 10.6 Å². The second-order valence-electron chi connectivity index (χ2n) is 1.52. The van der Waals surface area contributed by atoms with Crippen LogP contribution in [0, 0.1) is 0 Å². The number of alkyl halides is 2. The molecule has 1 N–H and O–H groups in total. The predicted molar refractivity (Wildman–Crippen MR) is 37.8 cm³/mol. The molecule has 0 saturated carbocycles. The Morgan fingerprint density at radius 3 is 3.00 bits per heavy atom. The van der Waals surface area contributed by atoms with Crippen molar-refractivity contribution in [2.75, 3.05) is 12.4 Å². The maximum atomic E-state index is 12.2. The van der Waals surface area contributed by atoms with Crippen molar-refractivity contribution < 1.29 is 9.18 Å². The molecule has 62 valence electrons. The van der Waals surface area contributed by atoms with Crippen molar-refractivity contribution in [3.8, 4) is 0 Å². The Balaban J connectivity index is 3.73. The van der Waals surface area contributed by atoms with Crippen LogP contribution in [0.25, 0.3) is 10.4 Å². The molecule has 0 saturated heterocycles. The lowest BCUT2D eigenvalue weighted by molar-refractivity contribution is -0.125. The van der Waals surface area contributed by atoms with Gasteiger partial charge in [0.25, 0.3) is 12.2 Å². The van der Waals surface area contributed by atoms with E-state index < -0.39 is 12.2 Å². The topological polar surface area (TPSA) is 77.9 Å². The van der Waals surface area contributed by atoms with E-state index in [0.29, 0.717) is 0 Å². The van der Waals surface area contributed by atoms with Crippen LogP contribution in [0.4, 0.5) is 4.39 Å². The van der Waals surface area contributed by atoms with Gasteiger partial charge in [-0.2, -0.15) is 0 Å². The molecule has 0 spiro atoms. The molecule has 0 bridgehead atoms. The third-order valence-corrected chi connectivity index (χ3v) is 0.952. The number of hydrogen-bond acceptors (Lipinski definition) is 2. The van der Waals surface area contributed by atoms with E-state index >= 15 is 0 Å². The Morgan fingerprint density at radius 2 is 2.55 bits per heavy atom. The number of rotatable bonds is 4. The highest BCUT2D eigenvalue weighted by molar-refractivity contribution is 6.18. The molecule has 0 heterocycles. The Kier molecular flexibility index (Phi) is 5.24. The van der Waals surface area contributed by atoms with Crippen LogP contribution < -0.4 is 5.32 Å². The molecule has 0 aliphatic carbocycles. The zero-order valence-corrected chi connectivity index (χ0v) is 6.25. The Hall–Kier alpha value is -1.00. The molecule has 0 rings (SSSR count).